The van der Waals surface area contributed by atoms with Crippen LogP contribution in [0.1, 0.15) is 38.8 Å². The van der Waals surface area contributed by atoms with E-state index in [0.29, 0.717) is 6.54 Å². The molecule has 19 heavy (non-hydrogen) atoms. The van der Waals surface area contributed by atoms with Gasteiger partial charge in [-0.15, -0.1) is 0 Å². The molecule has 1 N–H and O–H groups in total. The number of hydrogen-bond acceptors (Lipinski definition) is 3. The smallest absolute Gasteiger partial charge is 0.143 e. The highest BCUT2D eigenvalue weighted by Gasteiger charge is 2.19. The van der Waals surface area contributed by atoms with Crippen LogP contribution in [-0.4, -0.2) is 26.0 Å². The van der Waals surface area contributed by atoms with Gasteiger partial charge in [0.05, 0.1) is 13.7 Å². The fraction of sp³-hybridized carbons (Fsp3) is 0.562. The van der Waals surface area contributed by atoms with Crippen LogP contribution in [0.2, 0.25) is 0 Å². The Hall–Kier alpha value is -1.35. The maximum atomic E-state index is 10.8. The number of rotatable bonds is 6. The first-order chi connectivity index (χ1) is 8.84. The Bertz CT molecular complexity index is 433. The first kappa shape index (κ1) is 15.7. The number of Topliss-reactive ketones (excluding diaryl/α,β-unsaturated/α-hetero) is 1. The zero-order chi connectivity index (χ0) is 14.5. The minimum absolute atomic E-state index is 0.0637. The van der Waals surface area contributed by atoms with E-state index in [1.807, 2.05) is 6.07 Å². The maximum absolute atomic E-state index is 10.8. The number of benzene rings is 1. The Morgan fingerprint density at radius 1 is 1.32 bits per heavy atom. The summed E-state index contributed by atoms with van der Waals surface area (Å²) in [4.78, 5) is 10.8. The quantitative estimate of drug-likeness (QED) is 0.802. The summed E-state index contributed by atoms with van der Waals surface area (Å²) in [6.45, 7) is 9.41. The lowest BCUT2D eigenvalue weighted by Crippen LogP contribution is -2.23. The molecule has 1 aromatic carbocycles. The molecule has 3 heteroatoms. The molecule has 0 saturated carbocycles. The largest absolute Gasteiger partial charge is 0.496 e. The van der Waals surface area contributed by atoms with Gasteiger partial charge in [0.2, 0.25) is 0 Å². The van der Waals surface area contributed by atoms with Crippen molar-refractivity contribution in [1.29, 1.82) is 0 Å². The van der Waals surface area contributed by atoms with Crippen molar-refractivity contribution in [3.05, 3.63) is 29.3 Å². The summed E-state index contributed by atoms with van der Waals surface area (Å²) >= 11 is 0. The molecule has 1 rings (SSSR count). The van der Waals surface area contributed by atoms with Crippen LogP contribution in [0.4, 0.5) is 0 Å². The van der Waals surface area contributed by atoms with E-state index in [1.54, 1.807) is 14.0 Å². The summed E-state index contributed by atoms with van der Waals surface area (Å²) in [5, 5.41) is 3.14. The highest BCUT2D eigenvalue weighted by Crippen LogP contribution is 2.31. The molecule has 3 nitrogen and oxygen atoms in total. The van der Waals surface area contributed by atoms with Gasteiger partial charge in [-0.05, 0) is 42.5 Å². The Kier molecular flexibility index (Phi) is 5.55. The van der Waals surface area contributed by atoms with E-state index in [9.17, 15) is 4.79 Å². The van der Waals surface area contributed by atoms with Gasteiger partial charge in [-0.1, -0.05) is 32.9 Å². The minimum Gasteiger partial charge on any atom is -0.496 e. The zero-order valence-corrected chi connectivity index (χ0v) is 12.7. The van der Waals surface area contributed by atoms with E-state index >= 15 is 0 Å². The fourth-order valence-corrected chi connectivity index (χ4v) is 1.99. The van der Waals surface area contributed by atoms with E-state index in [4.69, 9.17) is 4.74 Å². The summed E-state index contributed by atoms with van der Waals surface area (Å²) in [7, 11) is 1.71. The molecule has 0 saturated heterocycles. The molecule has 0 spiro atoms. The van der Waals surface area contributed by atoms with Gasteiger partial charge in [0.1, 0.15) is 11.5 Å². The average molecular weight is 263 g/mol. The van der Waals surface area contributed by atoms with Crippen LogP contribution >= 0.6 is 0 Å². The molecule has 0 bridgehead atoms. The Morgan fingerprint density at radius 3 is 2.53 bits per heavy atom. The number of hydrogen-bond donors (Lipinski definition) is 1. The third kappa shape index (κ3) is 5.03. The number of ether oxygens (including phenoxy) is 1. The van der Waals surface area contributed by atoms with Crippen LogP contribution < -0.4 is 10.1 Å². The predicted molar refractivity (Wildman–Crippen MR) is 78.9 cm³/mol. The van der Waals surface area contributed by atoms with Gasteiger partial charge >= 0.3 is 0 Å². The third-order valence-corrected chi connectivity index (χ3v) is 3.04. The first-order valence-corrected chi connectivity index (χ1v) is 6.72. The van der Waals surface area contributed by atoms with Crippen molar-refractivity contribution in [3.8, 4) is 5.75 Å². The van der Waals surface area contributed by atoms with Crippen LogP contribution in [0.25, 0.3) is 0 Å². The molecule has 0 atom stereocenters. The predicted octanol–water partition coefficient (Wildman–Crippen LogP) is 2.71. The Labute approximate surface area is 116 Å². The minimum atomic E-state index is 0.0637. The maximum Gasteiger partial charge on any atom is 0.143 e. The van der Waals surface area contributed by atoms with Crippen LogP contribution in [-0.2, 0) is 16.6 Å². The third-order valence-electron chi connectivity index (χ3n) is 3.04. The monoisotopic (exact) mass is 263 g/mol. The molecular weight excluding hydrogens is 238 g/mol. The van der Waals surface area contributed by atoms with E-state index in [1.165, 1.54) is 11.1 Å². The van der Waals surface area contributed by atoms with Gasteiger partial charge in [0.25, 0.3) is 0 Å². The van der Waals surface area contributed by atoms with E-state index in [0.717, 1.165) is 18.7 Å². The molecule has 0 unspecified atom stereocenters. The molecule has 0 aromatic heterocycles. The standard InChI is InChI=1S/C16H25NO2/c1-12(18)11-17-9-8-13-6-7-15(19-5)14(10-13)16(2,3)4/h6-7,10,17H,8-9,11H2,1-5H3. The number of carbonyl (C=O) groups is 1. The molecule has 106 valence electrons. The molecule has 0 heterocycles. The summed E-state index contributed by atoms with van der Waals surface area (Å²) in [5.74, 6) is 1.11. The summed E-state index contributed by atoms with van der Waals surface area (Å²) in [5.41, 5.74) is 2.55. The average Bonchev–Trinajstić information content (AvgIpc) is 2.33. The SMILES string of the molecule is COc1ccc(CCNCC(C)=O)cc1C(C)(C)C. The summed E-state index contributed by atoms with van der Waals surface area (Å²) in [6.07, 6.45) is 0.917. The van der Waals surface area contributed by atoms with Crippen molar-refractivity contribution >= 4 is 5.78 Å². The van der Waals surface area contributed by atoms with Crippen LogP contribution in [0.15, 0.2) is 18.2 Å². The number of methoxy groups -OCH3 is 1. The zero-order valence-electron chi connectivity index (χ0n) is 12.7. The number of carbonyl (C=O) groups excluding carboxylic acids is 1. The molecule has 0 aliphatic carbocycles. The van der Waals surface area contributed by atoms with E-state index < -0.39 is 0 Å². The molecule has 0 radical (unpaired) electrons. The van der Waals surface area contributed by atoms with Gasteiger partial charge in [-0.25, -0.2) is 0 Å². The Morgan fingerprint density at radius 2 is 2.00 bits per heavy atom. The highest BCUT2D eigenvalue weighted by atomic mass is 16.5. The molecule has 1 aromatic rings. The van der Waals surface area contributed by atoms with Crippen molar-refractivity contribution in [2.24, 2.45) is 0 Å². The molecular formula is C16H25NO2. The summed E-state index contributed by atoms with van der Waals surface area (Å²) < 4.78 is 5.42. The second-order valence-electron chi connectivity index (χ2n) is 5.91. The van der Waals surface area contributed by atoms with Crippen LogP contribution in [0.5, 0.6) is 5.75 Å². The molecule has 0 amide bonds. The lowest BCUT2D eigenvalue weighted by atomic mass is 9.85. The van der Waals surface area contributed by atoms with E-state index in [-0.39, 0.29) is 11.2 Å². The molecule has 0 aliphatic heterocycles. The Balaban J connectivity index is 2.73. The van der Waals surface area contributed by atoms with Crippen LogP contribution in [0, 0.1) is 0 Å². The molecule has 0 aliphatic rings. The van der Waals surface area contributed by atoms with E-state index in [2.05, 4.69) is 38.2 Å². The molecule has 0 fully saturated rings. The van der Waals surface area contributed by atoms with Crippen molar-refractivity contribution in [1.82, 2.24) is 5.32 Å². The van der Waals surface area contributed by atoms with Crippen LogP contribution in [0.3, 0.4) is 0 Å². The van der Waals surface area contributed by atoms with Crippen molar-refractivity contribution in [2.75, 3.05) is 20.2 Å². The number of nitrogens with one attached hydrogen (secondary N) is 1. The lowest BCUT2D eigenvalue weighted by molar-refractivity contribution is -0.116. The normalized spacial score (nSPS) is 11.4. The van der Waals surface area contributed by atoms with Crippen molar-refractivity contribution < 1.29 is 9.53 Å². The van der Waals surface area contributed by atoms with Gasteiger partial charge < -0.3 is 10.1 Å². The van der Waals surface area contributed by atoms with Gasteiger partial charge in [-0.2, -0.15) is 0 Å². The van der Waals surface area contributed by atoms with Gasteiger partial charge in [-0.3, -0.25) is 4.79 Å². The van der Waals surface area contributed by atoms with Crippen molar-refractivity contribution in [2.45, 2.75) is 39.5 Å². The lowest BCUT2D eigenvalue weighted by Gasteiger charge is -2.23. The van der Waals surface area contributed by atoms with Gasteiger partial charge in [0, 0.05) is 0 Å². The second kappa shape index (κ2) is 6.71. The number of ketones is 1. The first-order valence-electron chi connectivity index (χ1n) is 6.72. The highest BCUT2D eigenvalue weighted by molar-refractivity contribution is 5.77. The summed E-state index contributed by atoms with van der Waals surface area (Å²) in [6, 6.07) is 6.32. The van der Waals surface area contributed by atoms with Gasteiger partial charge in [0.15, 0.2) is 0 Å². The fourth-order valence-electron chi connectivity index (χ4n) is 1.99. The van der Waals surface area contributed by atoms with Crippen molar-refractivity contribution in [3.63, 3.8) is 0 Å². The second-order valence-corrected chi connectivity index (χ2v) is 5.91. The topological polar surface area (TPSA) is 38.3 Å².